The maximum Gasteiger partial charge on any atom is 0.336 e. The molecule has 2 aromatic carbocycles. The van der Waals surface area contributed by atoms with Crippen LogP contribution in [-0.2, 0) is 22.6 Å². The minimum atomic E-state index is -0.621. The topological polar surface area (TPSA) is 94.8 Å². The van der Waals surface area contributed by atoms with E-state index in [0.717, 1.165) is 12.0 Å². The fraction of sp³-hybridized carbons (Fsp3) is 0.261. The molecule has 1 amide bonds. The van der Waals surface area contributed by atoms with E-state index in [1.807, 2.05) is 26.0 Å². The Balaban J connectivity index is 1.63. The molecule has 0 unspecified atom stereocenters. The number of nitrogens with one attached hydrogen (secondary N) is 1. The van der Waals surface area contributed by atoms with Crippen LogP contribution >= 0.6 is 0 Å². The first-order chi connectivity index (χ1) is 14.5. The van der Waals surface area contributed by atoms with Crippen LogP contribution in [0.3, 0.4) is 0 Å². The Kier molecular flexibility index (Phi) is 6.85. The van der Waals surface area contributed by atoms with E-state index in [2.05, 4.69) is 5.32 Å². The third kappa shape index (κ3) is 5.05. The first-order valence-corrected chi connectivity index (χ1v) is 9.73. The summed E-state index contributed by atoms with van der Waals surface area (Å²) in [6, 6.07) is 13.7. The van der Waals surface area contributed by atoms with E-state index in [-0.39, 0.29) is 13.2 Å². The molecular weight excluding hydrogens is 386 g/mol. The van der Waals surface area contributed by atoms with Crippen molar-refractivity contribution in [2.75, 3.05) is 13.2 Å². The molecule has 0 aliphatic carbocycles. The lowest BCUT2D eigenvalue weighted by Crippen LogP contribution is -2.31. The second-order valence-electron chi connectivity index (χ2n) is 6.55. The number of hydrogen-bond donors (Lipinski definition) is 1. The molecule has 0 radical (unpaired) electrons. The predicted octanol–water partition coefficient (Wildman–Crippen LogP) is 3.23. The lowest BCUT2D eigenvalue weighted by molar-refractivity contribution is -0.143. The van der Waals surface area contributed by atoms with Crippen molar-refractivity contribution in [3.63, 3.8) is 0 Å². The van der Waals surface area contributed by atoms with Crippen molar-refractivity contribution in [1.29, 1.82) is 0 Å². The summed E-state index contributed by atoms with van der Waals surface area (Å²) in [7, 11) is 0. The maximum atomic E-state index is 12.3. The van der Waals surface area contributed by atoms with Gasteiger partial charge < -0.3 is 19.2 Å². The first-order valence-electron chi connectivity index (χ1n) is 9.73. The quantitative estimate of drug-likeness (QED) is 0.453. The number of hydrogen-bond acceptors (Lipinski definition) is 6. The summed E-state index contributed by atoms with van der Waals surface area (Å²) in [6.45, 7) is 3.84. The predicted molar refractivity (Wildman–Crippen MR) is 112 cm³/mol. The molecule has 1 N–H and O–H groups in total. The second-order valence-corrected chi connectivity index (χ2v) is 6.55. The Hall–Kier alpha value is -3.61. The van der Waals surface area contributed by atoms with E-state index >= 15 is 0 Å². The number of aryl methyl sites for hydroxylation is 1. The number of fused-ring (bicyclic) bond motifs is 1. The Morgan fingerprint density at radius 2 is 1.87 bits per heavy atom. The number of ether oxygens (including phenoxy) is 2. The Morgan fingerprint density at radius 1 is 1.07 bits per heavy atom. The zero-order valence-electron chi connectivity index (χ0n) is 16.9. The Bertz CT molecular complexity index is 1120. The summed E-state index contributed by atoms with van der Waals surface area (Å²) in [4.78, 5) is 36.3. The molecule has 0 fully saturated rings. The van der Waals surface area contributed by atoms with Gasteiger partial charge in [0.05, 0.1) is 12.2 Å². The van der Waals surface area contributed by atoms with Gasteiger partial charge in [-0.2, -0.15) is 0 Å². The highest BCUT2D eigenvalue weighted by Crippen LogP contribution is 2.20. The molecule has 0 aliphatic rings. The minimum absolute atomic E-state index is 0.0994. The largest absolute Gasteiger partial charge is 0.493 e. The molecule has 1 aromatic heterocycles. The third-order valence-electron chi connectivity index (χ3n) is 4.52. The van der Waals surface area contributed by atoms with Gasteiger partial charge in [0.15, 0.2) is 0 Å². The van der Waals surface area contributed by atoms with Crippen LogP contribution in [0.2, 0.25) is 0 Å². The molecular formula is C23H23NO6. The summed E-state index contributed by atoms with van der Waals surface area (Å²) in [6.07, 6.45) is 0.811. The highest BCUT2D eigenvalue weighted by Gasteiger charge is 2.14. The average molecular weight is 409 g/mol. The van der Waals surface area contributed by atoms with Gasteiger partial charge in [0.2, 0.25) is 0 Å². The maximum absolute atomic E-state index is 12.3. The smallest absolute Gasteiger partial charge is 0.336 e. The zero-order chi connectivity index (χ0) is 21.5. The number of rotatable bonds is 8. The normalized spacial score (nSPS) is 10.6. The van der Waals surface area contributed by atoms with Crippen molar-refractivity contribution < 1.29 is 23.5 Å². The van der Waals surface area contributed by atoms with Gasteiger partial charge in [-0.25, -0.2) is 4.79 Å². The van der Waals surface area contributed by atoms with Crippen LogP contribution in [-0.4, -0.2) is 25.0 Å². The monoisotopic (exact) mass is 409 g/mol. The van der Waals surface area contributed by atoms with Crippen LogP contribution in [0.15, 0.2) is 57.7 Å². The van der Waals surface area contributed by atoms with Gasteiger partial charge in [-0.15, -0.1) is 0 Å². The number of para-hydroxylation sites is 1. The summed E-state index contributed by atoms with van der Waals surface area (Å²) < 4.78 is 15.9. The van der Waals surface area contributed by atoms with Gasteiger partial charge in [-0.1, -0.05) is 31.2 Å². The first kappa shape index (κ1) is 21.1. The van der Waals surface area contributed by atoms with E-state index in [4.69, 9.17) is 13.9 Å². The van der Waals surface area contributed by atoms with Crippen molar-refractivity contribution >= 4 is 22.8 Å². The summed E-state index contributed by atoms with van der Waals surface area (Å²) in [5.74, 6) is -0.613. The number of amides is 1. The Labute approximate surface area is 173 Å². The molecule has 0 spiro atoms. The van der Waals surface area contributed by atoms with Crippen LogP contribution in [0.5, 0.6) is 5.75 Å². The number of carbonyl (C=O) groups excluding carboxylic acids is 2. The van der Waals surface area contributed by atoms with Crippen LogP contribution in [0, 0.1) is 0 Å². The van der Waals surface area contributed by atoms with Crippen LogP contribution in [0.1, 0.15) is 35.3 Å². The molecule has 30 heavy (non-hydrogen) atoms. The average Bonchev–Trinajstić information content (AvgIpc) is 2.75. The van der Waals surface area contributed by atoms with E-state index in [9.17, 15) is 14.4 Å². The molecule has 3 rings (SSSR count). The summed E-state index contributed by atoms with van der Waals surface area (Å²) in [5.41, 5.74) is 1.86. The van der Waals surface area contributed by atoms with Gasteiger partial charge >= 0.3 is 11.6 Å². The number of carbonyl (C=O) groups is 2. The van der Waals surface area contributed by atoms with Gasteiger partial charge in [-0.05, 0) is 37.1 Å². The van der Waals surface area contributed by atoms with E-state index < -0.39 is 17.5 Å². The standard InChI is InChI=1S/C23H23NO6/c1-3-15-9-10-17-16(12-21(25)30-20(17)11-15)14-29-22(26)13-24-23(27)18-7-5-6-8-19(18)28-4-2/h5-12H,3-4,13-14H2,1-2H3,(H,24,27). The minimum Gasteiger partial charge on any atom is -0.493 e. The molecule has 0 bridgehead atoms. The van der Waals surface area contributed by atoms with Crippen LogP contribution in [0.4, 0.5) is 0 Å². The molecule has 0 saturated carbocycles. The highest BCUT2D eigenvalue weighted by atomic mass is 16.5. The van der Waals surface area contributed by atoms with Gasteiger partial charge in [0.1, 0.15) is 24.5 Å². The molecule has 156 valence electrons. The fourth-order valence-electron chi connectivity index (χ4n) is 3.01. The molecule has 1 heterocycles. The van der Waals surface area contributed by atoms with Gasteiger partial charge in [0.25, 0.3) is 5.91 Å². The van der Waals surface area contributed by atoms with E-state index in [1.54, 1.807) is 30.3 Å². The SMILES string of the molecule is CCOc1ccccc1C(=O)NCC(=O)OCc1cc(=O)oc2cc(CC)ccc12. The lowest BCUT2D eigenvalue weighted by Gasteiger charge is -2.11. The zero-order valence-corrected chi connectivity index (χ0v) is 16.9. The molecule has 0 saturated heterocycles. The number of benzene rings is 2. The molecule has 7 heteroatoms. The van der Waals surface area contributed by atoms with Gasteiger partial charge in [0, 0.05) is 17.0 Å². The number of esters is 1. The van der Waals surface area contributed by atoms with Gasteiger partial charge in [-0.3, -0.25) is 9.59 Å². The molecule has 3 aromatic rings. The van der Waals surface area contributed by atoms with Crippen molar-refractivity contribution in [3.8, 4) is 5.75 Å². The highest BCUT2D eigenvalue weighted by molar-refractivity contribution is 5.98. The van der Waals surface area contributed by atoms with Crippen molar-refractivity contribution in [2.24, 2.45) is 0 Å². The Morgan fingerprint density at radius 3 is 2.63 bits per heavy atom. The fourth-order valence-corrected chi connectivity index (χ4v) is 3.01. The third-order valence-corrected chi connectivity index (χ3v) is 4.52. The van der Waals surface area contributed by atoms with E-state index in [0.29, 0.717) is 34.5 Å². The van der Waals surface area contributed by atoms with Crippen LogP contribution in [0.25, 0.3) is 11.0 Å². The summed E-state index contributed by atoms with van der Waals surface area (Å²) >= 11 is 0. The summed E-state index contributed by atoms with van der Waals surface area (Å²) in [5, 5.41) is 3.23. The molecule has 0 aliphatic heterocycles. The van der Waals surface area contributed by atoms with E-state index in [1.165, 1.54) is 6.07 Å². The lowest BCUT2D eigenvalue weighted by atomic mass is 10.1. The molecule has 7 nitrogen and oxygen atoms in total. The van der Waals surface area contributed by atoms with Crippen LogP contribution < -0.4 is 15.7 Å². The van der Waals surface area contributed by atoms with Crippen molar-refractivity contribution in [1.82, 2.24) is 5.32 Å². The second kappa shape index (κ2) is 9.73. The molecule has 0 atom stereocenters. The van der Waals surface area contributed by atoms with Crippen molar-refractivity contribution in [2.45, 2.75) is 26.9 Å². The van der Waals surface area contributed by atoms with Crippen molar-refractivity contribution in [3.05, 3.63) is 75.6 Å².